The van der Waals surface area contributed by atoms with Crippen LogP contribution >= 0.6 is 0 Å². The second-order valence-electron chi connectivity index (χ2n) is 2.46. The molecule has 54 valence electrons. The number of rotatable bonds is 2. The van der Waals surface area contributed by atoms with E-state index >= 15 is 0 Å². The fourth-order valence-corrected chi connectivity index (χ4v) is 0.876. The van der Waals surface area contributed by atoms with Crippen LogP contribution in [0.2, 0.25) is 0 Å². The Morgan fingerprint density at radius 1 is 1.36 bits per heavy atom. The molecule has 2 radical (unpaired) electrons. The van der Waals surface area contributed by atoms with Crippen LogP contribution in [0.4, 0.5) is 0 Å². The molecule has 0 aliphatic carbocycles. The highest BCUT2D eigenvalue weighted by atomic mass is 16.1. The van der Waals surface area contributed by atoms with Gasteiger partial charge in [0.1, 0.15) is 0 Å². The van der Waals surface area contributed by atoms with Crippen LogP contribution in [0.25, 0.3) is 0 Å². The van der Waals surface area contributed by atoms with Gasteiger partial charge in [-0.2, -0.15) is 0 Å². The van der Waals surface area contributed by atoms with Gasteiger partial charge in [0.05, 0.1) is 7.85 Å². The molecule has 0 fully saturated rings. The normalized spacial score (nSPS) is 9.55. The van der Waals surface area contributed by atoms with Crippen LogP contribution in [0.3, 0.4) is 0 Å². The first-order valence-electron chi connectivity index (χ1n) is 3.54. The molecule has 0 spiro atoms. The third-order valence-electron chi connectivity index (χ3n) is 1.60. The smallest absolute Gasteiger partial charge is 0.159 e. The highest BCUT2D eigenvalue weighted by Crippen LogP contribution is 2.04. The van der Waals surface area contributed by atoms with Gasteiger partial charge in [-0.15, -0.1) is 0 Å². The number of Topliss-reactive ketones (excluding diaryl/α,β-unsaturated/α-hetero) is 1. The van der Waals surface area contributed by atoms with Gasteiger partial charge in [0, 0.05) is 5.56 Å². The number of hydrogen-bond donors (Lipinski definition) is 0. The molecule has 0 amide bonds. The molecular weight excluding hydrogens is 135 g/mol. The lowest BCUT2D eigenvalue weighted by molar-refractivity contribution is 0.101. The van der Waals surface area contributed by atoms with Gasteiger partial charge < -0.3 is 0 Å². The Bertz CT molecular complexity index is 251. The van der Waals surface area contributed by atoms with E-state index in [0.29, 0.717) is 6.32 Å². The van der Waals surface area contributed by atoms with Gasteiger partial charge in [0.25, 0.3) is 0 Å². The van der Waals surface area contributed by atoms with Crippen molar-refractivity contribution >= 4 is 13.6 Å². The predicted octanol–water partition coefficient (Wildman–Crippen LogP) is 1.56. The molecule has 0 unspecified atom stereocenters. The molecule has 0 aliphatic heterocycles. The van der Waals surface area contributed by atoms with Crippen molar-refractivity contribution in [2.24, 2.45) is 0 Å². The number of carbonyl (C=O) groups excluding carboxylic acids is 1. The largest absolute Gasteiger partial charge is 0.295 e. The highest BCUT2D eigenvalue weighted by molar-refractivity contribution is 6.08. The zero-order valence-corrected chi connectivity index (χ0v) is 6.50. The van der Waals surface area contributed by atoms with Gasteiger partial charge in [-0.05, 0) is 6.92 Å². The summed E-state index contributed by atoms with van der Waals surface area (Å²) in [6.07, 6.45) is 0.526. The Labute approximate surface area is 67.8 Å². The summed E-state index contributed by atoms with van der Waals surface area (Å²) >= 11 is 0. The summed E-state index contributed by atoms with van der Waals surface area (Å²) in [6.45, 7) is 1.55. The number of benzene rings is 1. The van der Waals surface area contributed by atoms with Crippen LogP contribution in [-0.4, -0.2) is 13.6 Å². The first-order chi connectivity index (χ1) is 5.24. The predicted molar refractivity (Wildman–Crippen MR) is 45.9 cm³/mol. The van der Waals surface area contributed by atoms with Crippen LogP contribution in [-0.2, 0) is 6.32 Å². The Balaban J connectivity index is 2.91. The molecule has 0 aromatic heterocycles. The first-order valence-corrected chi connectivity index (χ1v) is 3.54. The van der Waals surface area contributed by atoms with Gasteiger partial charge in [-0.25, -0.2) is 0 Å². The average molecular weight is 144 g/mol. The maximum Gasteiger partial charge on any atom is 0.159 e. The van der Waals surface area contributed by atoms with Crippen molar-refractivity contribution in [2.45, 2.75) is 13.2 Å². The zero-order valence-electron chi connectivity index (χ0n) is 6.50. The topological polar surface area (TPSA) is 17.1 Å². The quantitative estimate of drug-likeness (QED) is 0.454. The van der Waals surface area contributed by atoms with Crippen molar-refractivity contribution in [1.82, 2.24) is 0 Å². The zero-order chi connectivity index (χ0) is 8.27. The van der Waals surface area contributed by atoms with E-state index in [9.17, 15) is 4.79 Å². The summed E-state index contributed by atoms with van der Waals surface area (Å²) in [5.41, 5.74) is 1.79. The van der Waals surface area contributed by atoms with Crippen LogP contribution < -0.4 is 0 Å². The maximum absolute atomic E-state index is 10.8. The molecule has 0 aliphatic rings. The molecule has 1 nitrogen and oxygen atoms in total. The van der Waals surface area contributed by atoms with Gasteiger partial charge in [0.2, 0.25) is 0 Å². The van der Waals surface area contributed by atoms with E-state index in [4.69, 9.17) is 7.85 Å². The molecular formula is C9H9BO. The third kappa shape index (κ3) is 1.94. The fourth-order valence-electron chi connectivity index (χ4n) is 0.876. The second kappa shape index (κ2) is 3.38. The third-order valence-corrected chi connectivity index (χ3v) is 1.60. The summed E-state index contributed by atoms with van der Waals surface area (Å²) < 4.78 is 0. The van der Waals surface area contributed by atoms with E-state index in [0.717, 1.165) is 11.1 Å². The lowest BCUT2D eigenvalue weighted by atomic mass is 9.96. The standard InChI is InChI=1S/C9H9BO/c1-7(11)9-4-2-8(6-10)3-5-9/h2-5H,6H2,1H3. The second-order valence-corrected chi connectivity index (χ2v) is 2.46. The van der Waals surface area contributed by atoms with Crippen molar-refractivity contribution < 1.29 is 4.79 Å². The molecule has 0 saturated heterocycles. The molecule has 1 rings (SSSR count). The molecule has 0 heterocycles. The van der Waals surface area contributed by atoms with Crippen LogP contribution in [0, 0.1) is 0 Å². The molecule has 0 N–H and O–H groups in total. The summed E-state index contributed by atoms with van der Waals surface area (Å²) in [4.78, 5) is 10.8. The number of hydrogen-bond acceptors (Lipinski definition) is 1. The maximum atomic E-state index is 10.8. The summed E-state index contributed by atoms with van der Waals surface area (Å²) in [5.74, 6) is 0.0913. The SMILES string of the molecule is [B]Cc1ccc(C(C)=O)cc1. The van der Waals surface area contributed by atoms with E-state index in [-0.39, 0.29) is 5.78 Å². The summed E-state index contributed by atoms with van der Waals surface area (Å²) in [7, 11) is 5.39. The number of ketones is 1. The Hall–Kier alpha value is -1.05. The van der Waals surface area contributed by atoms with Crippen molar-refractivity contribution in [3.8, 4) is 0 Å². The lowest BCUT2D eigenvalue weighted by Crippen LogP contribution is -1.92. The minimum absolute atomic E-state index is 0.0913. The van der Waals surface area contributed by atoms with Crippen molar-refractivity contribution in [2.75, 3.05) is 0 Å². The minimum atomic E-state index is 0.0913. The van der Waals surface area contributed by atoms with Gasteiger partial charge in [-0.3, -0.25) is 4.79 Å². The Kier molecular flexibility index (Phi) is 2.47. The summed E-state index contributed by atoms with van der Waals surface area (Å²) in [6, 6.07) is 7.34. The average Bonchev–Trinajstić information content (AvgIpc) is 2.05. The van der Waals surface area contributed by atoms with Crippen LogP contribution in [0.5, 0.6) is 0 Å². The first kappa shape index (κ1) is 8.06. The molecule has 1 aromatic rings. The molecule has 0 bridgehead atoms. The molecule has 0 saturated carbocycles. The van der Waals surface area contributed by atoms with E-state index in [2.05, 4.69) is 0 Å². The van der Waals surface area contributed by atoms with E-state index in [1.165, 1.54) is 0 Å². The molecule has 0 atom stereocenters. The molecule has 2 heteroatoms. The molecule has 1 aromatic carbocycles. The van der Waals surface area contributed by atoms with Gasteiger partial charge in [-0.1, -0.05) is 36.1 Å². The van der Waals surface area contributed by atoms with Crippen LogP contribution in [0.1, 0.15) is 22.8 Å². The lowest BCUT2D eigenvalue weighted by Gasteiger charge is -1.97. The highest BCUT2D eigenvalue weighted by Gasteiger charge is 1.96. The number of carbonyl (C=O) groups is 1. The monoisotopic (exact) mass is 144 g/mol. The Morgan fingerprint density at radius 3 is 2.27 bits per heavy atom. The van der Waals surface area contributed by atoms with Gasteiger partial charge in [0.15, 0.2) is 5.78 Å². The van der Waals surface area contributed by atoms with E-state index in [1.807, 2.05) is 12.1 Å². The Morgan fingerprint density at radius 2 is 1.91 bits per heavy atom. The van der Waals surface area contributed by atoms with Crippen molar-refractivity contribution in [3.05, 3.63) is 35.4 Å². The summed E-state index contributed by atoms with van der Waals surface area (Å²) in [5, 5.41) is 0. The van der Waals surface area contributed by atoms with E-state index in [1.54, 1.807) is 19.1 Å². The fraction of sp³-hybridized carbons (Fsp3) is 0.222. The minimum Gasteiger partial charge on any atom is -0.295 e. The van der Waals surface area contributed by atoms with E-state index < -0.39 is 0 Å². The van der Waals surface area contributed by atoms with Gasteiger partial charge >= 0.3 is 0 Å². The van der Waals surface area contributed by atoms with Crippen molar-refractivity contribution in [1.29, 1.82) is 0 Å². The van der Waals surface area contributed by atoms with Crippen LogP contribution in [0.15, 0.2) is 24.3 Å². The molecule has 11 heavy (non-hydrogen) atoms. The van der Waals surface area contributed by atoms with Crippen molar-refractivity contribution in [3.63, 3.8) is 0 Å².